The molecule has 1 aromatic carbocycles. The molecular weight excluding hydrogens is 288 g/mol. The molecule has 3 unspecified atom stereocenters. The number of primary sulfonamides is 1. The fourth-order valence-electron chi connectivity index (χ4n) is 3.30. The van der Waals surface area contributed by atoms with E-state index in [2.05, 4.69) is 12.2 Å². The molecule has 0 radical (unpaired) electrons. The molecule has 1 amide bonds. The third-order valence-corrected chi connectivity index (χ3v) is 5.41. The first kappa shape index (κ1) is 14.3. The predicted molar refractivity (Wildman–Crippen MR) is 80.1 cm³/mol. The number of benzene rings is 1. The van der Waals surface area contributed by atoms with E-state index in [4.69, 9.17) is 5.14 Å². The lowest BCUT2D eigenvalue weighted by Crippen LogP contribution is -2.34. The predicted octanol–water partition coefficient (Wildman–Crippen LogP) is 1.51. The molecule has 1 fully saturated rings. The van der Waals surface area contributed by atoms with Crippen LogP contribution >= 0.6 is 0 Å². The van der Waals surface area contributed by atoms with E-state index < -0.39 is 10.0 Å². The van der Waals surface area contributed by atoms with Crippen LogP contribution in [0.2, 0.25) is 0 Å². The van der Waals surface area contributed by atoms with E-state index in [9.17, 15) is 13.2 Å². The zero-order valence-electron chi connectivity index (χ0n) is 11.8. The number of nitrogens with zero attached hydrogens (tertiary/aromatic N) is 1. The number of allylic oxidation sites excluding steroid dienone is 2. The first-order chi connectivity index (χ1) is 9.86. The summed E-state index contributed by atoms with van der Waals surface area (Å²) in [6.07, 6.45) is 6.35. The van der Waals surface area contributed by atoms with Gasteiger partial charge in [0.1, 0.15) is 0 Å². The summed E-state index contributed by atoms with van der Waals surface area (Å²) in [5.74, 6) is 1.04. The minimum absolute atomic E-state index is 0.0444. The van der Waals surface area contributed by atoms with Crippen molar-refractivity contribution < 1.29 is 13.2 Å². The van der Waals surface area contributed by atoms with Crippen LogP contribution in [0.3, 0.4) is 0 Å². The summed E-state index contributed by atoms with van der Waals surface area (Å²) in [4.78, 5) is 14.2. The molecule has 1 saturated carbocycles. The molecule has 112 valence electrons. The van der Waals surface area contributed by atoms with Crippen molar-refractivity contribution in [3.63, 3.8) is 0 Å². The molecule has 3 rings (SSSR count). The fraction of sp³-hybridized carbons (Fsp3) is 0.400. The topological polar surface area (TPSA) is 80.5 Å². The Balaban J connectivity index is 1.77. The number of rotatable bonds is 3. The SMILES string of the molecule is CN(C(=O)C1CC2C=CC1C2)c1ccc(S(N)(=O)=O)cc1. The number of fused-ring (bicyclic) bond motifs is 2. The Labute approximate surface area is 124 Å². The zero-order valence-corrected chi connectivity index (χ0v) is 12.6. The summed E-state index contributed by atoms with van der Waals surface area (Å²) in [7, 11) is -1.97. The van der Waals surface area contributed by atoms with E-state index in [1.807, 2.05) is 0 Å². The van der Waals surface area contributed by atoms with Crippen molar-refractivity contribution in [3.05, 3.63) is 36.4 Å². The van der Waals surface area contributed by atoms with Crippen molar-refractivity contribution >= 4 is 21.6 Å². The first-order valence-electron chi connectivity index (χ1n) is 6.95. The number of nitrogens with two attached hydrogens (primary N) is 1. The van der Waals surface area contributed by atoms with Crippen LogP contribution in [0, 0.1) is 17.8 Å². The van der Waals surface area contributed by atoms with Crippen molar-refractivity contribution in [3.8, 4) is 0 Å². The molecule has 5 nitrogen and oxygen atoms in total. The maximum Gasteiger partial charge on any atom is 0.238 e. The lowest BCUT2D eigenvalue weighted by atomic mass is 9.92. The number of amides is 1. The second-order valence-electron chi connectivity index (χ2n) is 5.82. The van der Waals surface area contributed by atoms with Crippen LogP contribution in [-0.2, 0) is 14.8 Å². The molecular formula is C15H18N2O3S. The zero-order chi connectivity index (χ0) is 15.2. The molecule has 2 N–H and O–H groups in total. The van der Waals surface area contributed by atoms with Crippen LogP contribution in [0.4, 0.5) is 5.69 Å². The molecule has 21 heavy (non-hydrogen) atoms. The van der Waals surface area contributed by atoms with E-state index >= 15 is 0 Å². The monoisotopic (exact) mass is 306 g/mol. The Morgan fingerprint density at radius 3 is 2.33 bits per heavy atom. The van der Waals surface area contributed by atoms with Crippen molar-refractivity contribution in [2.75, 3.05) is 11.9 Å². The highest BCUT2D eigenvalue weighted by Gasteiger charge is 2.41. The van der Waals surface area contributed by atoms with Gasteiger partial charge in [-0.05, 0) is 48.9 Å². The van der Waals surface area contributed by atoms with Gasteiger partial charge in [-0.15, -0.1) is 0 Å². The van der Waals surface area contributed by atoms with Gasteiger partial charge in [0.2, 0.25) is 15.9 Å². The van der Waals surface area contributed by atoms with Crippen LogP contribution < -0.4 is 10.0 Å². The maximum atomic E-state index is 12.6. The summed E-state index contributed by atoms with van der Waals surface area (Å²) in [5.41, 5.74) is 0.680. The smallest absolute Gasteiger partial charge is 0.238 e. The number of anilines is 1. The highest BCUT2D eigenvalue weighted by Crippen LogP contribution is 2.44. The maximum absolute atomic E-state index is 12.6. The van der Waals surface area contributed by atoms with Crippen molar-refractivity contribution in [2.24, 2.45) is 22.9 Å². The second-order valence-corrected chi connectivity index (χ2v) is 7.38. The van der Waals surface area contributed by atoms with E-state index in [1.165, 1.54) is 12.1 Å². The molecule has 0 aromatic heterocycles. The number of hydrogen-bond donors (Lipinski definition) is 1. The summed E-state index contributed by atoms with van der Waals surface area (Å²) in [6.45, 7) is 0. The van der Waals surface area contributed by atoms with E-state index in [0.29, 0.717) is 17.5 Å². The van der Waals surface area contributed by atoms with Gasteiger partial charge in [-0.25, -0.2) is 13.6 Å². The molecule has 6 heteroatoms. The normalized spacial score (nSPS) is 27.0. The molecule has 0 spiro atoms. The van der Waals surface area contributed by atoms with Gasteiger partial charge in [0, 0.05) is 18.7 Å². The first-order valence-corrected chi connectivity index (χ1v) is 8.49. The Hall–Kier alpha value is -1.66. The van der Waals surface area contributed by atoms with Gasteiger partial charge in [0.05, 0.1) is 4.90 Å². The molecule has 0 saturated heterocycles. The van der Waals surface area contributed by atoms with Crippen LogP contribution in [-0.4, -0.2) is 21.4 Å². The van der Waals surface area contributed by atoms with Crippen LogP contribution in [0.15, 0.2) is 41.3 Å². The van der Waals surface area contributed by atoms with Crippen molar-refractivity contribution in [2.45, 2.75) is 17.7 Å². The van der Waals surface area contributed by atoms with Gasteiger partial charge in [-0.1, -0.05) is 12.2 Å². The fourth-order valence-corrected chi connectivity index (χ4v) is 3.82. The van der Waals surface area contributed by atoms with E-state index in [-0.39, 0.29) is 16.7 Å². The Bertz CT molecular complexity index is 694. The summed E-state index contributed by atoms with van der Waals surface area (Å²) in [6, 6.07) is 6.08. The van der Waals surface area contributed by atoms with Crippen LogP contribution in [0.25, 0.3) is 0 Å². The average molecular weight is 306 g/mol. The van der Waals surface area contributed by atoms with Crippen LogP contribution in [0.5, 0.6) is 0 Å². The summed E-state index contributed by atoms with van der Waals surface area (Å²) in [5, 5.41) is 5.07. The Morgan fingerprint density at radius 1 is 1.19 bits per heavy atom. The Kier molecular flexibility index (Phi) is 3.37. The molecule has 2 bridgehead atoms. The largest absolute Gasteiger partial charge is 0.315 e. The van der Waals surface area contributed by atoms with Gasteiger partial charge in [0.15, 0.2) is 0 Å². The minimum atomic E-state index is -3.70. The number of carbonyl (C=O) groups excluding carboxylic acids is 1. The van der Waals surface area contributed by atoms with Gasteiger partial charge in [-0.2, -0.15) is 0 Å². The Morgan fingerprint density at radius 2 is 1.86 bits per heavy atom. The standard InChI is InChI=1S/C15H18N2O3S/c1-17(12-4-6-13(7-5-12)21(16,19)20)15(18)14-9-10-2-3-11(14)8-10/h2-7,10-11,14H,8-9H2,1H3,(H2,16,19,20). The lowest BCUT2D eigenvalue weighted by molar-refractivity contribution is -0.122. The third kappa shape index (κ3) is 2.61. The van der Waals surface area contributed by atoms with Crippen LogP contribution in [0.1, 0.15) is 12.8 Å². The summed E-state index contributed by atoms with van der Waals surface area (Å²) < 4.78 is 22.5. The van der Waals surface area contributed by atoms with Crippen molar-refractivity contribution in [1.29, 1.82) is 0 Å². The number of carbonyl (C=O) groups is 1. The summed E-state index contributed by atoms with van der Waals surface area (Å²) >= 11 is 0. The minimum Gasteiger partial charge on any atom is -0.315 e. The number of sulfonamides is 1. The van der Waals surface area contributed by atoms with E-state index in [1.54, 1.807) is 24.1 Å². The molecule has 0 aliphatic heterocycles. The average Bonchev–Trinajstić information content (AvgIpc) is 3.07. The highest BCUT2D eigenvalue weighted by atomic mass is 32.2. The van der Waals surface area contributed by atoms with Gasteiger partial charge < -0.3 is 4.90 Å². The molecule has 2 aliphatic carbocycles. The molecule has 3 atom stereocenters. The van der Waals surface area contributed by atoms with Gasteiger partial charge in [-0.3, -0.25) is 4.79 Å². The quantitative estimate of drug-likeness (QED) is 0.860. The lowest BCUT2D eigenvalue weighted by Gasteiger charge is -2.25. The second kappa shape index (κ2) is 4.96. The molecule has 1 aromatic rings. The highest BCUT2D eigenvalue weighted by molar-refractivity contribution is 7.89. The van der Waals surface area contributed by atoms with Gasteiger partial charge in [0.25, 0.3) is 0 Å². The third-order valence-electron chi connectivity index (χ3n) is 4.48. The molecule has 0 heterocycles. The van der Waals surface area contributed by atoms with E-state index in [0.717, 1.165) is 12.8 Å². The number of hydrogen-bond acceptors (Lipinski definition) is 3. The van der Waals surface area contributed by atoms with Crippen molar-refractivity contribution in [1.82, 2.24) is 0 Å². The molecule has 2 aliphatic rings. The van der Waals surface area contributed by atoms with Gasteiger partial charge >= 0.3 is 0 Å².